The molecular formula is C17H36O3. The Kier molecular flexibility index (Phi) is 6.29. The lowest BCUT2D eigenvalue weighted by atomic mass is 10.1. The SMILES string of the molecule is CC(C)CC(OC(C)(C)C)(OC(C)(C)C)OC(C)(C)C. The van der Waals surface area contributed by atoms with Crippen molar-refractivity contribution in [3.8, 4) is 0 Å². The molecule has 0 aromatic rings. The molecule has 0 saturated heterocycles. The molecule has 122 valence electrons. The summed E-state index contributed by atoms with van der Waals surface area (Å²) in [6.07, 6.45) is 0.693. The third-order valence-electron chi connectivity index (χ3n) is 2.04. The smallest absolute Gasteiger partial charge is 0.284 e. The number of rotatable bonds is 5. The van der Waals surface area contributed by atoms with Crippen LogP contribution in [0.3, 0.4) is 0 Å². The monoisotopic (exact) mass is 288 g/mol. The van der Waals surface area contributed by atoms with E-state index in [1.807, 2.05) is 62.3 Å². The molecule has 0 aliphatic heterocycles. The summed E-state index contributed by atoms with van der Waals surface area (Å²) in [5.74, 6) is -0.620. The van der Waals surface area contributed by atoms with Gasteiger partial charge in [0.05, 0.1) is 16.8 Å². The minimum absolute atomic E-state index is 0.342. The highest BCUT2D eigenvalue weighted by molar-refractivity contribution is 4.76. The van der Waals surface area contributed by atoms with E-state index < -0.39 is 5.97 Å². The van der Waals surface area contributed by atoms with Gasteiger partial charge in [0, 0.05) is 6.42 Å². The van der Waals surface area contributed by atoms with Gasteiger partial charge >= 0.3 is 0 Å². The fraction of sp³-hybridized carbons (Fsp3) is 1.00. The molecule has 0 rings (SSSR count). The standard InChI is InChI=1S/C17H36O3/c1-13(2)12-17(18-14(3,4)5,19-15(6,7)8)20-16(9,10)11/h13H,12H2,1-11H3. The lowest BCUT2D eigenvalue weighted by Crippen LogP contribution is -2.52. The summed E-state index contributed by atoms with van der Waals surface area (Å²) in [6.45, 7) is 22.6. The van der Waals surface area contributed by atoms with E-state index in [9.17, 15) is 0 Å². The largest absolute Gasteiger partial charge is 0.322 e. The van der Waals surface area contributed by atoms with Crippen molar-refractivity contribution < 1.29 is 14.2 Å². The highest BCUT2D eigenvalue weighted by atomic mass is 16.9. The van der Waals surface area contributed by atoms with E-state index in [0.717, 1.165) is 0 Å². The van der Waals surface area contributed by atoms with Crippen LogP contribution in [-0.4, -0.2) is 22.8 Å². The quantitative estimate of drug-likeness (QED) is 0.656. The lowest BCUT2D eigenvalue weighted by molar-refractivity contribution is -0.451. The first-order valence-electron chi connectivity index (χ1n) is 7.64. The summed E-state index contributed by atoms with van der Waals surface area (Å²) >= 11 is 0. The van der Waals surface area contributed by atoms with E-state index in [1.165, 1.54) is 0 Å². The van der Waals surface area contributed by atoms with E-state index >= 15 is 0 Å². The molecular weight excluding hydrogens is 252 g/mol. The maximum absolute atomic E-state index is 6.24. The number of hydrogen-bond acceptors (Lipinski definition) is 3. The van der Waals surface area contributed by atoms with Gasteiger partial charge in [0.2, 0.25) is 0 Å². The molecule has 0 spiro atoms. The van der Waals surface area contributed by atoms with Crippen LogP contribution >= 0.6 is 0 Å². The average Bonchev–Trinajstić information content (AvgIpc) is 1.86. The molecule has 0 amide bonds. The summed E-state index contributed by atoms with van der Waals surface area (Å²) in [7, 11) is 0. The Morgan fingerprint density at radius 2 is 0.850 bits per heavy atom. The first-order valence-corrected chi connectivity index (χ1v) is 7.64. The predicted octanol–water partition coefficient (Wildman–Crippen LogP) is 5.13. The highest BCUT2D eigenvalue weighted by Crippen LogP contribution is 2.36. The van der Waals surface area contributed by atoms with Crippen molar-refractivity contribution >= 4 is 0 Å². The van der Waals surface area contributed by atoms with E-state index in [0.29, 0.717) is 12.3 Å². The molecule has 0 aliphatic rings. The van der Waals surface area contributed by atoms with Crippen LogP contribution in [0.5, 0.6) is 0 Å². The molecule has 0 aromatic heterocycles. The third kappa shape index (κ3) is 9.73. The Balaban J connectivity index is 5.50. The zero-order chi connectivity index (χ0) is 16.4. The Morgan fingerprint density at radius 3 is 1.00 bits per heavy atom. The van der Waals surface area contributed by atoms with Crippen LogP contribution in [0, 0.1) is 5.92 Å². The Labute approximate surface area is 126 Å². The van der Waals surface area contributed by atoms with Gasteiger partial charge in [-0.15, -0.1) is 0 Å². The van der Waals surface area contributed by atoms with Gasteiger partial charge in [-0.05, 0) is 68.2 Å². The first kappa shape index (κ1) is 19.9. The van der Waals surface area contributed by atoms with Crippen LogP contribution in [0.25, 0.3) is 0 Å². The van der Waals surface area contributed by atoms with Crippen LogP contribution in [0.4, 0.5) is 0 Å². The van der Waals surface area contributed by atoms with E-state index in [4.69, 9.17) is 14.2 Å². The van der Waals surface area contributed by atoms with Gasteiger partial charge in [-0.3, -0.25) is 0 Å². The van der Waals surface area contributed by atoms with Crippen molar-refractivity contribution in [2.24, 2.45) is 5.92 Å². The molecule has 0 radical (unpaired) electrons. The second kappa shape index (κ2) is 6.33. The minimum atomic E-state index is -1.02. The van der Waals surface area contributed by atoms with E-state index in [-0.39, 0.29) is 16.8 Å². The molecule has 0 atom stereocenters. The second-order valence-electron chi connectivity index (χ2n) is 8.92. The zero-order valence-electron chi connectivity index (χ0n) is 15.5. The van der Waals surface area contributed by atoms with Gasteiger partial charge in [-0.25, -0.2) is 0 Å². The molecule has 0 aromatic carbocycles. The molecule has 0 unspecified atom stereocenters. The minimum Gasteiger partial charge on any atom is -0.322 e. The molecule has 0 N–H and O–H groups in total. The van der Waals surface area contributed by atoms with Crippen LogP contribution in [0.15, 0.2) is 0 Å². The average molecular weight is 288 g/mol. The predicted molar refractivity (Wildman–Crippen MR) is 84.7 cm³/mol. The van der Waals surface area contributed by atoms with Gasteiger partial charge < -0.3 is 14.2 Å². The molecule has 0 fully saturated rings. The van der Waals surface area contributed by atoms with Gasteiger partial charge in [-0.2, -0.15) is 0 Å². The van der Waals surface area contributed by atoms with E-state index in [1.54, 1.807) is 0 Å². The first-order chi connectivity index (χ1) is 8.54. The Bertz CT molecular complexity index is 246. The zero-order valence-corrected chi connectivity index (χ0v) is 15.5. The van der Waals surface area contributed by atoms with Crippen LogP contribution in [0.2, 0.25) is 0 Å². The maximum atomic E-state index is 6.24. The van der Waals surface area contributed by atoms with Crippen molar-refractivity contribution in [2.45, 2.75) is 105 Å². The molecule has 0 heterocycles. The van der Waals surface area contributed by atoms with Crippen LogP contribution < -0.4 is 0 Å². The Hall–Kier alpha value is -0.120. The van der Waals surface area contributed by atoms with Gasteiger partial charge in [-0.1, -0.05) is 13.8 Å². The van der Waals surface area contributed by atoms with Gasteiger partial charge in [0.25, 0.3) is 5.97 Å². The van der Waals surface area contributed by atoms with Gasteiger partial charge in [0.15, 0.2) is 0 Å². The molecule has 3 heteroatoms. The van der Waals surface area contributed by atoms with Crippen LogP contribution in [0.1, 0.15) is 82.6 Å². The van der Waals surface area contributed by atoms with Crippen molar-refractivity contribution in [3.05, 3.63) is 0 Å². The molecule has 20 heavy (non-hydrogen) atoms. The van der Waals surface area contributed by atoms with Crippen molar-refractivity contribution in [1.82, 2.24) is 0 Å². The summed E-state index contributed by atoms with van der Waals surface area (Å²) in [5.41, 5.74) is -1.03. The van der Waals surface area contributed by atoms with Crippen molar-refractivity contribution in [1.29, 1.82) is 0 Å². The fourth-order valence-corrected chi connectivity index (χ4v) is 2.09. The fourth-order valence-electron chi connectivity index (χ4n) is 2.09. The lowest BCUT2D eigenvalue weighted by Gasteiger charge is -2.46. The number of ether oxygens (including phenoxy) is 3. The second-order valence-corrected chi connectivity index (χ2v) is 8.92. The topological polar surface area (TPSA) is 27.7 Å². The van der Waals surface area contributed by atoms with Crippen molar-refractivity contribution in [3.63, 3.8) is 0 Å². The summed E-state index contributed by atoms with van der Waals surface area (Å²) < 4.78 is 18.7. The summed E-state index contributed by atoms with van der Waals surface area (Å²) in [5, 5.41) is 0. The summed E-state index contributed by atoms with van der Waals surface area (Å²) in [6, 6.07) is 0. The third-order valence-corrected chi connectivity index (χ3v) is 2.04. The van der Waals surface area contributed by atoms with Gasteiger partial charge in [0.1, 0.15) is 0 Å². The molecule has 3 nitrogen and oxygen atoms in total. The highest BCUT2D eigenvalue weighted by Gasteiger charge is 2.44. The normalized spacial score (nSPS) is 15.0. The Morgan fingerprint density at radius 1 is 0.600 bits per heavy atom. The number of hydrogen-bond donors (Lipinski definition) is 0. The summed E-state index contributed by atoms with van der Waals surface area (Å²) in [4.78, 5) is 0. The maximum Gasteiger partial charge on any atom is 0.284 e. The molecule has 0 bridgehead atoms. The molecule has 0 saturated carbocycles. The van der Waals surface area contributed by atoms with Crippen LogP contribution in [-0.2, 0) is 14.2 Å². The molecule has 0 aliphatic carbocycles. The van der Waals surface area contributed by atoms with E-state index in [2.05, 4.69) is 13.8 Å². The van der Waals surface area contributed by atoms with Crippen molar-refractivity contribution in [2.75, 3.05) is 0 Å².